The fourth-order valence-corrected chi connectivity index (χ4v) is 11.4. The van der Waals surface area contributed by atoms with E-state index >= 15 is 0 Å². The predicted octanol–water partition coefficient (Wildman–Crippen LogP) is 7.27. The van der Waals surface area contributed by atoms with Crippen molar-refractivity contribution in [3.05, 3.63) is 0 Å². The number of halogens is 2. The number of rotatable bonds is 9. The molecule has 0 aromatic carbocycles. The van der Waals surface area contributed by atoms with Gasteiger partial charge in [-0.1, -0.05) is 34.6 Å². The topological polar surface area (TPSA) is 93.1 Å². The van der Waals surface area contributed by atoms with Gasteiger partial charge >= 0.3 is 11.9 Å². The molecule has 0 spiro atoms. The van der Waals surface area contributed by atoms with E-state index < -0.39 is 29.2 Å². The first-order valence-corrected chi connectivity index (χ1v) is 17.3. The molecule has 4 aliphatic carbocycles. The van der Waals surface area contributed by atoms with Gasteiger partial charge in [0.2, 0.25) is 0 Å². The monoisotopic (exact) mass is 630 g/mol. The van der Waals surface area contributed by atoms with E-state index in [1.165, 1.54) is 0 Å². The maximum absolute atomic E-state index is 12.7. The van der Waals surface area contributed by atoms with E-state index in [0.717, 1.165) is 44.9 Å². The molecule has 0 aromatic rings. The molecule has 6 nitrogen and oxygen atoms in total. The van der Waals surface area contributed by atoms with Crippen LogP contribution in [-0.4, -0.2) is 57.3 Å². The van der Waals surface area contributed by atoms with Crippen molar-refractivity contribution < 1.29 is 29.3 Å². The molecule has 242 valence electrons. The fourth-order valence-electron chi connectivity index (χ4n) is 11.3. The molecule has 4 fully saturated rings. The Morgan fingerprint density at radius 2 is 1.40 bits per heavy atom. The Balaban J connectivity index is 1.63. The van der Waals surface area contributed by atoms with Crippen LogP contribution >= 0.6 is 23.2 Å². The van der Waals surface area contributed by atoms with Crippen LogP contribution in [-0.2, 0) is 19.1 Å². The van der Waals surface area contributed by atoms with Gasteiger partial charge in [0.25, 0.3) is 0 Å². The lowest BCUT2D eigenvalue weighted by molar-refractivity contribution is -0.247. The average Bonchev–Trinajstić information content (AvgIpc) is 3.28. The molecule has 4 rings (SSSR count). The first-order valence-electron chi connectivity index (χ1n) is 16.2. The number of ether oxygens (including phenoxy) is 2. The summed E-state index contributed by atoms with van der Waals surface area (Å²) in [6.45, 7) is 17.6. The van der Waals surface area contributed by atoms with E-state index in [1.807, 2.05) is 20.8 Å². The quantitative estimate of drug-likeness (QED) is 0.205. The number of aliphatic hydroxyl groups excluding tert-OH is 2. The first-order chi connectivity index (χ1) is 19.3. The average molecular weight is 632 g/mol. The summed E-state index contributed by atoms with van der Waals surface area (Å²) in [5.74, 6) is -0.522. The van der Waals surface area contributed by atoms with Gasteiger partial charge in [-0.2, -0.15) is 0 Å². The van der Waals surface area contributed by atoms with Crippen LogP contribution in [0.15, 0.2) is 0 Å². The predicted molar refractivity (Wildman–Crippen MR) is 166 cm³/mol. The summed E-state index contributed by atoms with van der Waals surface area (Å²) in [4.78, 5) is 24.5. The maximum atomic E-state index is 12.7. The minimum Gasteiger partial charge on any atom is -0.459 e. The van der Waals surface area contributed by atoms with Crippen LogP contribution in [0.25, 0.3) is 0 Å². The SMILES string of the molecule is CC(C)(CCC[C@@](C)(OC(=O)CCl)[C@H]1CC[C@]2(C)[C@@H]1[C@H](O)C[C@@H]1[C@@]3(C)CC[C@H](O)C(C)(C)[C@@H]3CC[C@]12C)OC(=O)CCl. The third kappa shape index (κ3) is 5.55. The molecular formula is C34H56Cl2O6. The normalized spacial score (nSPS) is 42.5. The molecule has 0 bridgehead atoms. The van der Waals surface area contributed by atoms with Crippen LogP contribution < -0.4 is 0 Å². The number of carbonyl (C=O) groups is 2. The zero-order valence-electron chi connectivity index (χ0n) is 27.2. The number of carbonyl (C=O) groups excluding carboxylic acids is 2. The van der Waals surface area contributed by atoms with E-state index in [4.69, 9.17) is 32.7 Å². The summed E-state index contributed by atoms with van der Waals surface area (Å²) in [6.07, 6.45) is 7.67. The minimum atomic E-state index is -0.802. The van der Waals surface area contributed by atoms with Gasteiger partial charge < -0.3 is 19.7 Å². The van der Waals surface area contributed by atoms with Crippen LogP contribution in [0.2, 0.25) is 0 Å². The van der Waals surface area contributed by atoms with Crippen molar-refractivity contribution >= 4 is 35.1 Å². The van der Waals surface area contributed by atoms with Crippen molar-refractivity contribution in [3.63, 3.8) is 0 Å². The highest BCUT2D eigenvalue weighted by Crippen LogP contribution is 2.76. The molecule has 10 atom stereocenters. The van der Waals surface area contributed by atoms with E-state index in [9.17, 15) is 19.8 Å². The molecule has 0 radical (unpaired) electrons. The molecule has 4 aliphatic rings. The number of alkyl halides is 2. The van der Waals surface area contributed by atoms with Crippen LogP contribution in [0, 0.1) is 45.3 Å². The van der Waals surface area contributed by atoms with Crippen LogP contribution in [0.4, 0.5) is 0 Å². The Kier molecular flexibility index (Phi) is 9.53. The molecule has 0 aromatic heterocycles. The largest absolute Gasteiger partial charge is 0.459 e. The van der Waals surface area contributed by atoms with Gasteiger partial charge in [-0.15, -0.1) is 23.2 Å². The van der Waals surface area contributed by atoms with Crippen molar-refractivity contribution in [1.29, 1.82) is 0 Å². The van der Waals surface area contributed by atoms with Gasteiger partial charge in [0.15, 0.2) is 0 Å². The van der Waals surface area contributed by atoms with Gasteiger partial charge in [0, 0.05) is 5.92 Å². The Labute approximate surface area is 264 Å². The minimum absolute atomic E-state index is 0.00342. The summed E-state index contributed by atoms with van der Waals surface area (Å²) in [5, 5.41) is 23.1. The highest BCUT2D eigenvalue weighted by atomic mass is 35.5. The standard InChI is InChI=1S/C34H56Cl2O6/c1-29(2,41-26(39)19-35)13-9-14-34(8,42-27(40)20-36)21-10-16-33(7)28(21)22(37)18-24-31(5)15-12-25(38)30(3,4)23(31)11-17-32(24,33)6/h21-25,28,37-38H,9-20H2,1-8H3/t21-,22+,23-,24+,25-,28-,31-,32+,33+,34+/m0/s1. The van der Waals surface area contributed by atoms with Crippen LogP contribution in [0.5, 0.6) is 0 Å². The molecular weight excluding hydrogens is 575 g/mol. The Morgan fingerprint density at radius 3 is 2.02 bits per heavy atom. The molecule has 0 unspecified atom stereocenters. The molecule has 0 amide bonds. The van der Waals surface area contributed by atoms with E-state index in [0.29, 0.717) is 31.1 Å². The molecule has 0 saturated heterocycles. The Morgan fingerprint density at radius 1 is 0.810 bits per heavy atom. The summed E-state index contributed by atoms with van der Waals surface area (Å²) in [5.41, 5.74) is -1.65. The zero-order chi connectivity index (χ0) is 31.5. The van der Waals surface area contributed by atoms with Gasteiger partial charge in [0.05, 0.1) is 12.2 Å². The number of esters is 2. The molecule has 4 saturated carbocycles. The maximum Gasteiger partial charge on any atom is 0.321 e. The Bertz CT molecular complexity index is 1030. The van der Waals surface area contributed by atoms with Crippen molar-refractivity contribution in [2.24, 2.45) is 45.3 Å². The van der Waals surface area contributed by atoms with Crippen molar-refractivity contribution in [3.8, 4) is 0 Å². The second-order valence-electron chi connectivity index (χ2n) is 16.5. The molecule has 8 heteroatoms. The van der Waals surface area contributed by atoms with Crippen molar-refractivity contribution in [1.82, 2.24) is 0 Å². The third-order valence-corrected chi connectivity index (χ3v) is 14.0. The van der Waals surface area contributed by atoms with Crippen molar-refractivity contribution in [2.75, 3.05) is 11.8 Å². The summed E-state index contributed by atoms with van der Waals surface area (Å²) < 4.78 is 11.7. The molecule has 0 heterocycles. The second-order valence-corrected chi connectivity index (χ2v) is 17.0. The van der Waals surface area contributed by atoms with E-state index in [-0.39, 0.29) is 51.4 Å². The summed E-state index contributed by atoms with van der Waals surface area (Å²) in [6, 6.07) is 0. The van der Waals surface area contributed by atoms with E-state index in [2.05, 4.69) is 34.6 Å². The number of hydrogen-bond donors (Lipinski definition) is 2. The van der Waals surface area contributed by atoms with Gasteiger partial charge in [0.1, 0.15) is 23.0 Å². The molecule has 2 N–H and O–H groups in total. The van der Waals surface area contributed by atoms with Crippen LogP contribution in [0.3, 0.4) is 0 Å². The first kappa shape index (κ1) is 34.3. The molecule has 0 aliphatic heterocycles. The molecule has 42 heavy (non-hydrogen) atoms. The fraction of sp³-hybridized carbons (Fsp3) is 0.941. The van der Waals surface area contributed by atoms with Gasteiger partial charge in [-0.05, 0) is 124 Å². The van der Waals surface area contributed by atoms with Crippen LogP contribution in [0.1, 0.15) is 120 Å². The highest BCUT2D eigenvalue weighted by Gasteiger charge is 2.71. The summed E-state index contributed by atoms with van der Waals surface area (Å²) in [7, 11) is 0. The Hall–Kier alpha value is -0.560. The number of hydrogen-bond acceptors (Lipinski definition) is 6. The van der Waals surface area contributed by atoms with Gasteiger partial charge in [-0.25, -0.2) is 0 Å². The summed E-state index contributed by atoms with van der Waals surface area (Å²) >= 11 is 11.6. The lowest BCUT2D eigenvalue weighted by atomic mass is 9.35. The van der Waals surface area contributed by atoms with Crippen molar-refractivity contribution in [2.45, 2.75) is 143 Å². The smallest absolute Gasteiger partial charge is 0.321 e. The zero-order valence-corrected chi connectivity index (χ0v) is 28.7. The van der Waals surface area contributed by atoms with E-state index in [1.54, 1.807) is 0 Å². The lowest BCUT2D eigenvalue weighted by Crippen LogP contribution is -2.66. The third-order valence-electron chi connectivity index (χ3n) is 13.6. The number of fused-ring (bicyclic) bond motifs is 5. The van der Waals surface area contributed by atoms with Gasteiger partial charge in [-0.3, -0.25) is 9.59 Å². The highest BCUT2D eigenvalue weighted by molar-refractivity contribution is 6.26. The second kappa shape index (κ2) is 11.7. The number of aliphatic hydroxyl groups is 2. The lowest BCUT2D eigenvalue weighted by Gasteiger charge is -2.70.